The second kappa shape index (κ2) is 6.57. The van der Waals surface area contributed by atoms with Crippen LogP contribution < -0.4 is 0 Å². The molecule has 0 fully saturated rings. The first-order valence-electron chi connectivity index (χ1n) is 7.08. The number of aromatic amines is 1. The number of hydrogen-bond acceptors (Lipinski definition) is 3. The number of aromatic hydroxyl groups is 1. The van der Waals surface area contributed by atoms with Crippen LogP contribution in [0.1, 0.15) is 35.9 Å². The lowest BCUT2D eigenvalue weighted by Crippen LogP contribution is -2.17. The van der Waals surface area contributed by atoms with Gasteiger partial charge in [-0.1, -0.05) is 25.5 Å². The largest absolute Gasteiger partial charge is 0.508 e. The van der Waals surface area contributed by atoms with Crippen molar-refractivity contribution in [2.75, 3.05) is 7.05 Å². The first-order chi connectivity index (χ1) is 9.58. The highest BCUT2D eigenvalue weighted by Crippen LogP contribution is 2.18. The zero-order valence-electron chi connectivity index (χ0n) is 12.5. The normalized spacial score (nSPS) is 11.2. The zero-order chi connectivity index (χ0) is 14.5. The van der Waals surface area contributed by atoms with Crippen LogP contribution in [-0.2, 0) is 19.5 Å². The molecule has 4 heteroatoms. The van der Waals surface area contributed by atoms with Gasteiger partial charge in [-0.15, -0.1) is 0 Å². The number of nitrogens with zero attached hydrogens (tertiary/aromatic N) is 2. The first kappa shape index (κ1) is 14.6. The molecule has 0 saturated carbocycles. The third-order valence-electron chi connectivity index (χ3n) is 3.34. The van der Waals surface area contributed by atoms with Gasteiger partial charge in [0, 0.05) is 18.8 Å². The molecule has 108 valence electrons. The molecule has 20 heavy (non-hydrogen) atoms. The average molecular weight is 273 g/mol. The Balaban J connectivity index is 1.93. The Labute approximate surface area is 120 Å². The van der Waals surface area contributed by atoms with Crippen LogP contribution in [0.5, 0.6) is 5.75 Å². The number of rotatable bonds is 6. The van der Waals surface area contributed by atoms with Gasteiger partial charge in [0.05, 0.1) is 5.69 Å². The summed E-state index contributed by atoms with van der Waals surface area (Å²) in [5.74, 6) is 0.356. The van der Waals surface area contributed by atoms with Gasteiger partial charge in [0.1, 0.15) is 5.75 Å². The molecule has 2 N–H and O–H groups in total. The highest BCUT2D eigenvalue weighted by molar-refractivity contribution is 5.34. The fourth-order valence-corrected chi connectivity index (χ4v) is 2.35. The lowest BCUT2D eigenvalue weighted by Gasteiger charge is -2.16. The van der Waals surface area contributed by atoms with Crippen LogP contribution in [0, 0.1) is 6.92 Å². The van der Waals surface area contributed by atoms with Crippen molar-refractivity contribution in [1.82, 2.24) is 15.1 Å². The lowest BCUT2D eigenvalue weighted by molar-refractivity contribution is 0.314. The second-order valence-corrected chi connectivity index (χ2v) is 5.43. The van der Waals surface area contributed by atoms with Crippen LogP contribution in [0.2, 0.25) is 0 Å². The monoisotopic (exact) mass is 273 g/mol. The maximum atomic E-state index is 9.54. The van der Waals surface area contributed by atoms with Crippen molar-refractivity contribution in [2.45, 2.75) is 39.8 Å². The van der Waals surface area contributed by atoms with Crippen molar-refractivity contribution < 1.29 is 5.11 Å². The molecule has 1 aromatic heterocycles. The van der Waals surface area contributed by atoms with Crippen molar-refractivity contribution in [1.29, 1.82) is 0 Å². The second-order valence-electron chi connectivity index (χ2n) is 5.43. The van der Waals surface area contributed by atoms with Gasteiger partial charge in [-0.2, -0.15) is 5.10 Å². The molecule has 0 aliphatic carbocycles. The van der Waals surface area contributed by atoms with Gasteiger partial charge >= 0.3 is 0 Å². The Kier molecular flexibility index (Phi) is 4.79. The van der Waals surface area contributed by atoms with Crippen LogP contribution in [0.3, 0.4) is 0 Å². The molecule has 2 rings (SSSR count). The van der Waals surface area contributed by atoms with Crippen LogP contribution >= 0.6 is 0 Å². The van der Waals surface area contributed by atoms with Crippen molar-refractivity contribution in [3.8, 4) is 5.75 Å². The molecule has 0 radical (unpaired) electrons. The lowest BCUT2D eigenvalue weighted by atomic mass is 10.1. The number of aromatic nitrogens is 2. The SMILES string of the molecule is CCCc1cc(CN(C)Cc2ccc(O)c(C)c2)[nH]n1. The summed E-state index contributed by atoms with van der Waals surface area (Å²) < 4.78 is 0. The fourth-order valence-electron chi connectivity index (χ4n) is 2.35. The molecule has 0 atom stereocenters. The maximum absolute atomic E-state index is 9.54. The Morgan fingerprint density at radius 1 is 1.25 bits per heavy atom. The molecule has 1 heterocycles. The van der Waals surface area contributed by atoms with E-state index in [4.69, 9.17) is 0 Å². The molecule has 0 aliphatic heterocycles. The summed E-state index contributed by atoms with van der Waals surface area (Å²) in [5, 5.41) is 16.9. The maximum Gasteiger partial charge on any atom is 0.118 e. The standard InChI is InChI=1S/C16H23N3O/c1-4-5-14-9-15(18-17-14)11-19(3)10-13-6-7-16(20)12(2)8-13/h6-9,20H,4-5,10-11H2,1-3H3,(H,17,18). The summed E-state index contributed by atoms with van der Waals surface area (Å²) in [6, 6.07) is 7.89. The Bertz CT molecular complexity index is 563. The summed E-state index contributed by atoms with van der Waals surface area (Å²) in [6.07, 6.45) is 2.14. The molecular weight excluding hydrogens is 250 g/mol. The molecule has 0 saturated heterocycles. The molecule has 0 aliphatic rings. The quantitative estimate of drug-likeness (QED) is 0.850. The highest BCUT2D eigenvalue weighted by atomic mass is 16.3. The van der Waals surface area contributed by atoms with E-state index in [2.05, 4.69) is 35.1 Å². The van der Waals surface area contributed by atoms with Crippen LogP contribution in [0.15, 0.2) is 24.3 Å². The summed E-state index contributed by atoms with van der Waals surface area (Å²) >= 11 is 0. The number of phenols is 1. The van der Waals surface area contributed by atoms with Gasteiger partial charge in [0.15, 0.2) is 0 Å². The first-order valence-corrected chi connectivity index (χ1v) is 7.08. The summed E-state index contributed by atoms with van der Waals surface area (Å²) in [6.45, 7) is 5.78. The Morgan fingerprint density at radius 2 is 2.05 bits per heavy atom. The highest BCUT2D eigenvalue weighted by Gasteiger charge is 2.06. The van der Waals surface area contributed by atoms with E-state index in [1.54, 1.807) is 6.07 Å². The van der Waals surface area contributed by atoms with E-state index in [9.17, 15) is 5.11 Å². The number of hydrogen-bond donors (Lipinski definition) is 2. The van der Waals surface area contributed by atoms with Crippen LogP contribution in [0.4, 0.5) is 0 Å². The molecule has 1 aromatic carbocycles. The van der Waals surface area contributed by atoms with Gasteiger partial charge in [-0.05, 0) is 43.7 Å². The minimum Gasteiger partial charge on any atom is -0.508 e. The minimum absolute atomic E-state index is 0.356. The number of benzene rings is 1. The van der Waals surface area contributed by atoms with Gasteiger partial charge in [-0.3, -0.25) is 10.00 Å². The van der Waals surface area contributed by atoms with E-state index in [0.717, 1.165) is 42.9 Å². The third-order valence-corrected chi connectivity index (χ3v) is 3.34. The predicted octanol–water partition coefficient (Wildman–Crippen LogP) is 3.01. The smallest absolute Gasteiger partial charge is 0.118 e. The van der Waals surface area contributed by atoms with Gasteiger partial charge in [-0.25, -0.2) is 0 Å². The van der Waals surface area contributed by atoms with Gasteiger partial charge in [0.2, 0.25) is 0 Å². The van der Waals surface area contributed by atoms with Crippen molar-refractivity contribution in [2.24, 2.45) is 0 Å². The molecule has 0 amide bonds. The molecule has 2 aromatic rings. The third kappa shape index (κ3) is 3.84. The van der Waals surface area contributed by atoms with Crippen molar-refractivity contribution in [3.05, 3.63) is 46.8 Å². The number of nitrogens with one attached hydrogen (secondary N) is 1. The van der Waals surface area contributed by atoms with Crippen molar-refractivity contribution in [3.63, 3.8) is 0 Å². The Hall–Kier alpha value is -1.81. The van der Waals surface area contributed by atoms with E-state index >= 15 is 0 Å². The number of aryl methyl sites for hydroxylation is 2. The number of phenolic OH excluding ortho intramolecular Hbond substituents is 1. The topological polar surface area (TPSA) is 52.1 Å². The van der Waals surface area contributed by atoms with E-state index < -0.39 is 0 Å². The van der Waals surface area contributed by atoms with Crippen LogP contribution in [0.25, 0.3) is 0 Å². The van der Waals surface area contributed by atoms with E-state index in [-0.39, 0.29) is 0 Å². The Morgan fingerprint density at radius 3 is 2.75 bits per heavy atom. The van der Waals surface area contributed by atoms with Gasteiger partial charge < -0.3 is 5.11 Å². The van der Waals surface area contributed by atoms with E-state index in [0.29, 0.717) is 5.75 Å². The van der Waals surface area contributed by atoms with Gasteiger partial charge in [0.25, 0.3) is 0 Å². The molecular formula is C16H23N3O. The number of H-pyrrole nitrogens is 1. The average Bonchev–Trinajstić information content (AvgIpc) is 2.81. The van der Waals surface area contributed by atoms with Crippen molar-refractivity contribution >= 4 is 0 Å². The zero-order valence-corrected chi connectivity index (χ0v) is 12.5. The molecule has 0 bridgehead atoms. The van der Waals surface area contributed by atoms with E-state index in [1.165, 1.54) is 5.56 Å². The summed E-state index contributed by atoms with van der Waals surface area (Å²) in [5.41, 5.74) is 4.40. The molecule has 0 unspecified atom stereocenters. The predicted molar refractivity (Wildman–Crippen MR) is 80.6 cm³/mol. The van der Waals surface area contributed by atoms with E-state index in [1.807, 2.05) is 19.1 Å². The molecule has 0 spiro atoms. The molecule has 4 nitrogen and oxygen atoms in total. The summed E-state index contributed by atoms with van der Waals surface area (Å²) in [7, 11) is 2.09. The van der Waals surface area contributed by atoms with Crippen LogP contribution in [-0.4, -0.2) is 27.3 Å². The fraction of sp³-hybridized carbons (Fsp3) is 0.438. The minimum atomic E-state index is 0.356. The summed E-state index contributed by atoms with van der Waals surface area (Å²) in [4.78, 5) is 2.23.